The molecule has 2 aromatic rings. The highest BCUT2D eigenvalue weighted by Gasteiger charge is 2.23. The zero-order valence-corrected chi connectivity index (χ0v) is 12.3. The molecule has 0 unspecified atom stereocenters. The summed E-state index contributed by atoms with van der Waals surface area (Å²) >= 11 is 0. The van der Waals surface area contributed by atoms with E-state index in [-0.39, 0.29) is 5.69 Å². The summed E-state index contributed by atoms with van der Waals surface area (Å²) in [5, 5.41) is 11.5. The quantitative estimate of drug-likeness (QED) is 0.577. The first-order valence-electron chi connectivity index (χ1n) is 7.11. The average Bonchev–Trinajstić information content (AvgIpc) is 2.93. The second-order valence-electron chi connectivity index (χ2n) is 4.69. The summed E-state index contributed by atoms with van der Waals surface area (Å²) in [6, 6.07) is 5.12. The monoisotopic (exact) mass is 289 g/mol. The molecule has 6 heteroatoms. The molecule has 1 aromatic heterocycles. The van der Waals surface area contributed by atoms with E-state index in [2.05, 4.69) is 4.98 Å². The normalized spacial score (nSPS) is 10.6. The van der Waals surface area contributed by atoms with Crippen LogP contribution in [0.2, 0.25) is 0 Å². The van der Waals surface area contributed by atoms with Crippen LogP contribution in [0.25, 0.3) is 5.69 Å². The fraction of sp³-hybridized carbons (Fsp3) is 0.400. The number of para-hydroxylation sites is 1. The van der Waals surface area contributed by atoms with Gasteiger partial charge in [0.2, 0.25) is 0 Å². The molecule has 112 valence electrons. The minimum absolute atomic E-state index is 0.0127. The lowest BCUT2D eigenvalue weighted by atomic mass is 10.2. The highest BCUT2D eigenvalue weighted by Crippen LogP contribution is 2.34. The van der Waals surface area contributed by atoms with Gasteiger partial charge in [-0.1, -0.05) is 19.9 Å². The van der Waals surface area contributed by atoms with Crippen molar-refractivity contribution in [2.45, 2.75) is 33.1 Å². The molecular formula is C15H19N3O3. The first kappa shape index (κ1) is 15.0. The molecule has 0 aliphatic carbocycles. The van der Waals surface area contributed by atoms with Crippen LogP contribution < -0.4 is 4.74 Å². The average molecular weight is 289 g/mol. The van der Waals surface area contributed by atoms with Crippen LogP contribution in [0, 0.1) is 10.1 Å². The molecule has 0 saturated carbocycles. The number of aryl methyl sites for hydroxylation is 1. The molecule has 0 saturated heterocycles. The molecule has 2 rings (SSSR count). The first-order chi connectivity index (χ1) is 10.2. The topological polar surface area (TPSA) is 70.2 Å². The molecule has 0 radical (unpaired) electrons. The van der Waals surface area contributed by atoms with Gasteiger partial charge in [-0.15, -0.1) is 0 Å². The number of aromatic nitrogens is 2. The molecule has 0 amide bonds. The van der Waals surface area contributed by atoms with Gasteiger partial charge in [-0.05, 0) is 25.0 Å². The molecule has 0 atom stereocenters. The molecule has 0 bridgehead atoms. The molecule has 1 heterocycles. The summed E-state index contributed by atoms with van der Waals surface area (Å²) in [6.45, 7) is 4.47. The molecule has 0 aliphatic rings. The van der Waals surface area contributed by atoms with E-state index in [0.717, 1.165) is 25.1 Å². The molecule has 6 nitrogen and oxygen atoms in total. The van der Waals surface area contributed by atoms with E-state index in [0.29, 0.717) is 18.0 Å². The molecule has 0 fully saturated rings. The number of nitrogens with zero attached hydrogens (tertiary/aromatic N) is 3. The molecule has 0 spiro atoms. The summed E-state index contributed by atoms with van der Waals surface area (Å²) in [7, 11) is 0. The molecule has 0 N–H and O–H groups in total. The van der Waals surface area contributed by atoms with Gasteiger partial charge in [-0.2, -0.15) is 0 Å². The molecular weight excluding hydrogens is 270 g/mol. The third-order valence-corrected chi connectivity index (χ3v) is 3.07. The predicted octanol–water partition coefficient (Wildman–Crippen LogP) is 3.52. The minimum Gasteiger partial charge on any atom is -0.487 e. The van der Waals surface area contributed by atoms with Crippen molar-refractivity contribution in [2.75, 3.05) is 6.61 Å². The van der Waals surface area contributed by atoms with Crippen LogP contribution in [-0.2, 0) is 6.42 Å². The van der Waals surface area contributed by atoms with Gasteiger partial charge in [0, 0.05) is 18.8 Å². The summed E-state index contributed by atoms with van der Waals surface area (Å²) in [5.74, 6) is 1.11. The summed E-state index contributed by atoms with van der Waals surface area (Å²) in [5.41, 5.74) is 0.482. The Balaban J connectivity index is 2.52. The fourth-order valence-corrected chi connectivity index (χ4v) is 2.18. The van der Waals surface area contributed by atoms with Crippen LogP contribution in [0.5, 0.6) is 5.75 Å². The smallest absolute Gasteiger partial charge is 0.334 e. The summed E-state index contributed by atoms with van der Waals surface area (Å²) < 4.78 is 7.28. The molecule has 0 aliphatic heterocycles. The number of rotatable bonds is 7. The number of nitro groups is 1. The van der Waals surface area contributed by atoms with Gasteiger partial charge < -0.3 is 4.74 Å². The van der Waals surface area contributed by atoms with Gasteiger partial charge in [-0.25, -0.2) is 4.98 Å². The van der Waals surface area contributed by atoms with Crippen LogP contribution in [0.15, 0.2) is 30.6 Å². The number of nitro benzene ring substituents is 1. The highest BCUT2D eigenvalue weighted by molar-refractivity contribution is 5.61. The third kappa shape index (κ3) is 3.21. The standard InChI is InChI=1S/C15H19N3O3/c1-3-6-14-16-9-10-17(14)12-7-5-8-13(21-11-4-2)15(12)18(19)20/h5,7-10H,3-4,6,11H2,1-2H3. The van der Waals surface area contributed by atoms with Gasteiger partial charge >= 0.3 is 5.69 Å². The summed E-state index contributed by atoms with van der Waals surface area (Å²) in [4.78, 5) is 15.3. The lowest BCUT2D eigenvalue weighted by Crippen LogP contribution is -2.06. The van der Waals surface area contributed by atoms with Crippen molar-refractivity contribution >= 4 is 5.69 Å². The van der Waals surface area contributed by atoms with Gasteiger partial charge in [0.25, 0.3) is 0 Å². The Morgan fingerprint density at radius 2 is 2.14 bits per heavy atom. The van der Waals surface area contributed by atoms with Gasteiger partial charge in [0.1, 0.15) is 11.5 Å². The van der Waals surface area contributed by atoms with Crippen molar-refractivity contribution in [1.29, 1.82) is 0 Å². The Kier molecular flexibility index (Phi) is 4.92. The van der Waals surface area contributed by atoms with E-state index in [1.54, 1.807) is 35.2 Å². The van der Waals surface area contributed by atoms with E-state index in [9.17, 15) is 10.1 Å². The van der Waals surface area contributed by atoms with Gasteiger partial charge in [0.15, 0.2) is 5.75 Å². The van der Waals surface area contributed by atoms with E-state index in [4.69, 9.17) is 4.74 Å². The maximum absolute atomic E-state index is 11.5. The predicted molar refractivity (Wildman–Crippen MR) is 80.0 cm³/mol. The van der Waals surface area contributed by atoms with E-state index < -0.39 is 4.92 Å². The molecule has 1 aromatic carbocycles. The summed E-state index contributed by atoms with van der Waals surface area (Å²) in [6.07, 6.45) is 5.90. The Morgan fingerprint density at radius 3 is 2.81 bits per heavy atom. The number of hydrogen-bond acceptors (Lipinski definition) is 4. The van der Waals surface area contributed by atoms with E-state index >= 15 is 0 Å². The fourth-order valence-electron chi connectivity index (χ4n) is 2.18. The van der Waals surface area contributed by atoms with Gasteiger partial charge in [-0.3, -0.25) is 14.7 Å². The van der Waals surface area contributed by atoms with Crippen LogP contribution in [0.3, 0.4) is 0 Å². The second kappa shape index (κ2) is 6.88. The lowest BCUT2D eigenvalue weighted by Gasteiger charge is -2.11. The van der Waals surface area contributed by atoms with Crippen molar-refractivity contribution in [3.05, 3.63) is 46.5 Å². The SMILES string of the molecule is CCCOc1cccc(-n2ccnc2CCC)c1[N+](=O)[O-]. The Hall–Kier alpha value is -2.37. The van der Waals surface area contributed by atoms with Crippen molar-refractivity contribution in [1.82, 2.24) is 9.55 Å². The second-order valence-corrected chi connectivity index (χ2v) is 4.69. The number of benzene rings is 1. The van der Waals surface area contributed by atoms with Crippen LogP contribution in [0.4, 0.5) is 5.69 Å². The maximum Gasteiger partial charge on any atom is 0.334 e. The largest absolute Gasteiger partial charge is 0.487 e. The van der Waals surface area contributed by atoms with Crippen molar-refractivity contribution in [2.24, 2.45) is 0 Å². The van der Waals surface area contributed by atoms with Crippen molar-refractivity contribution in [3.8, 4) is 11.4 Å². The van der Waals surface area contributed by atoms with Crippen molar-refractivity contribution < 1.29 is 9.66 Å². The Bertz CT molecular complexity index is 622. The van der Waals surface area contributed by atoms with Crippen molar-refractivity contribution in [3.63, 3.8) is 0 Å². The minimum atomic E-state index is -0.393. The van der Waals surface area contributed by atoms with Crippen LogP contribution in [-0.4, -0.2) is 21.1 Å². The van der Waals surface area contributed by atoms with E-state index in [1.807, 2.05) is 13.8 Å². The zero-order valence-electron chi connectivity index (χ0n) is 12.3. The molecule has 21 heavy (non-hydrogen) atoms. The lowest BCUT2D eigenvalue weighted by molar-refractivity contribution is -0.385. The Labute approximate surface area is 123 Å². The number of imidazole rings is 1. The van der Waals surface area contributed by atoms with E-state index in [1.165, 1.54) is 0 Å². The van der Waals surface area contributed by atoms with Crippen LogP contribution in [0.1, 0.15) is 32.5 Å². The number of ether oxygens (including phenoxy) is 1. The number of hydrogen-bond donors (Lipinski definition) is 0. The first-order valence-corrected chi connectivity index (χ1v) is 7.11. The highest BCUT2D eigenvalue weighted by atomic mass is 16.6. The maximum atomic E-state index is 11.5. The third-order valence-electron chi connectivity index (χ3n) is 3.07. The van der Waals surface area contributed by atoms with Gasteiger partial charge in [0.05, 0.1) is 11.5 Å². The Morgan fingerprint density at radius 1 is 1.33 bits per heavy atom. The zero-order chi connectivity index (χ0) is 15.2. The van der Waals surface area contributed by atoms with Crippen LogP contribution >= 0.6 is 0 Å².